The number of hydrogen-bond acceptors (Lipinski definition) is 2. The van der Waals surface area contributed by atoms with Gasteiger partial charge in [-0.25, -0.2) is 8.42 Å². The van der Waals surface area contributed by atoms with E-state index in [-0.39, 0.29) is 5.75 Å². The molecule has 0 fully saturated rings. The van der Waals surface area contributed by atoms with Gasteiger partial charge in [0.15, 0.2) is 0 Å². The first kappa shape index (κ1) is 15.3. The lowest BCUT2D eigenvalue weighted by Gasteiger charge is -2.09. The highest BCUT2D eigenvalue weighted by Gasteiger charge is 2.09. The maximum absolute atomic E-state index is 11.8. The Hall–Kier alpha value is -0.740. The van der Waals surface area contributed by atoms with Crippen LogP contribution in [-0.2, 0) is 16.4 Å². The minimum absolute atomic E-state index is 0.176. The van der Waals surface area contributed by atoms with E-state index >= 15 is 0 Å². The van der Waals surface area contributed by atoms with Gasteiger partial charge in [0.1, 0.15) is 0 Å². The highest BCUT2D eigenvalue weighted by atomic mass is 35.5. The van der Waals surface area contributed by atoms with Crippen molar-refractivity contribution < 1.29 is 8.42 Å². The maximum Gasteiger partial charge on any atom is 0.232 e. The Bertz CT molecular complexity index is 460. The van der Waals surface area contributed by atoms with Gasteiger partial charge in [-0.2, -0.15) is 0 Å². The van der Waals surface area contributed by atoms with Crippen molar-refractivity contribution in [3.05, 3.63) is 29.8 Å². The van der Waals surface area contributed by atoms with E-state index in [0.717, 1.165) is 24.8 Å². The number of halogens is 1. The van der Waals surface area contributed by atoms with Gasteiger partial charge in [0, 0.05) is 11.6 Å². The molecule has 18 heavy (non-hydrogen) atoms. The first-order valence-electron chi connectivity index (χ1n) is 6.23. The second-order valence-electron chi connectivity index (χ2n) is 4.27. The summed E-state index contributed by atoms with van der Waals surface area (Å²) in [6.45, 7) is 1.97. The van der Waals surface area contributed by atoms with E-state index in [2.05, 4.69) is 4.72 Å². The smallest absolute Gasteiger partial charge is 0.232 e. The van der Waals surface area contributed by atoms with E-state index in [1.165, 1.54) is 0 Å². The van der Waals surface area contributed by atoms with Gasteiger partial charge in [0.05, 0.1) is 5.75 Å². The van der Waals surface area contributed by atoms with Crippen LogP contribution in [0.15, 0.2) is 24.3 Å². The Morgan fingerprint density at radius 1 is 1.28 bits per heavy atom. The molecule has 0 unspecified atom stereocenters. The van der Waals surface area contributed by atoms with Crippen molar-refractivity contribution in [2.24, 2.45) is 0 Å². The number of rotatable bonds is 8. The third-order valence-corrected chi connectivity index (χ3v) is 4.21. The van der Waals surface area contributed by atoms with E-state index in [0.29, 0.717) is 18.0 Å². The van der Waals surface area contributed by atoms with Crippen LogP contribution in [0.1, 0.15) is 31.7 Å². The number of unbranched alkanes of at least 4 members (excludes halogenated alkanes) is 1. The van der Waals surface area contributed by atoms with Gasteiger partial charge in [-0.05, 0) is 37.0 Å². The number of sulfonamides is 1. The molecule has 0 amide bonds. The second kappa shape index (κ2) is 7.64. The molecule has 1 aromatic carbocycles. The molecular weight excluding hydrogens is 270 g/mol. The minimum Gasteiger partial charge on any atom is -0.284 e. The SMILES string of the molecule is CCCCS(=O)(=O)Nc1cccc(CCCCl)c1. The normalized spacial score (nSPS) is 11.4. The van der Waals surface area contributed by atoms with E-state index in [4.69, 9.17) is 11.6 Å². The molecule has 0 aromatic heterocycles. The summed E-state index contributed by atoms with van der Waals surface area (Å²) >= 11 is 5.64. The fourth-order valence-corrected chi connectivity index (χ4v) is 3.02. The number of aryl methyl sites for hydroxylation is 1. The molecule has 1 N–H and O–H groups in total. The number of alkyl halides is 1. The number of anilines is 1. The molecule has 3 nitrogen and oxygen atoms in total. The summed E-state index contributed by atoms with van der Waals surface area (Å²) in [5, 5.41) is 0. The van der Waals surface area contributed by atoms with Crippen molar-refractivity contribution in [3.8, 4) is 0 Å². The molecule has 0 saturated carbocycles. The van der Waals surface area contributed by atoms with E-state index in [1.54, 1.807) is 6.07 Å². The fourth-order valence-electron chi connectivity index (χ4n) is 1.63. The first-order valence-corrected chi connectivity index (χ1v) is 8.41. The van der Waals surface area contributed by atoms with E-state index < -0.39 is 10.0 Å². The number of benzene rings is 1. The highest BCUT2D eigenvalue weighted by molar-refractivity contribution is 7.92. The van der Waals surface area contributed by atoms with Gasteiger partial charge in [0.25, 0.3) is 0 Å². The Kier molecular flexibility index (Phi) is 6.50. The van der Waals surface area contributed by atoms with Gasteiger partial charge in [-0.15, -0.1) is 11.6 Å². The number of hydrogen-bond donors (Lipinski definition) is 1. The highest BCUT2D eigenvalue weighted by Crippen LogP contribution is 2.14. The summed E-state index contributed by atoms with van der Waals surface area (Å²) in [5.41, 5.74) is 1.74. The summed E-state index contributed by atoms with van der Waals surface area (Å²) in [5.74, 6) is 0.794. The average molecular weight is 290 g/mol. The van der Waals surface area contributed by atoms with Crippen molar-refractivity contribution in [2.45, 2.75) is 32.6 Å². The molecule has 0 saturated heterocycles. The predicted molar refractivity (Wildman–Crippen MR) is 77.8 cm³/mol. The lowest BCUT2D eigenvalue weighted by Crippen LogP contribution is -2.16. The van der Waals surface area contributed by atoms with Crippen LogP contribution in [0.5, 0.6) is 0 Å². The predicted octanol–water partition coefficient (Wildman–Crippen LogP) is 3.40. The summed E-state index contributed by atoms with van der Waals surface area (Å²) in [4.78, 5) is 0. The molecule has 5 heteroatoms. The molecule has 0 aliphatic heterocycles. The zero-order valence-electron chi connectivity index (χ0n) is 10.7. The van der Waals surface area contributed by atoms with Crippen molar-refractivity contribution in [1.82, 2.24) is 0 Å². The van der Waals surface area contributed by atoms with Gasteiger partial charge >= 0.3 is 0 Å². The Morgan fingerprint density at radius 3 is 2.72 bits per heavy atom. The summed E-state index contributed by atoms with van der Waals surface area (Å²) in [6.07, 6.45) is 3.32. The van der Waals surface area contributed by atoms with Crippen LogP contribution in [0, 0.1) is 0 Å². The van der Waals surface area contributed by atoms with Crippen LogP contribution in [0.3, 0.4) is 0 Å². The Morgan fingerprint density at radius 2 is 2.06 bits per heavy atom. The average Bonchev–Trinajstić information content (AvgIpc) is 2.34. The zero-order chi connectivity index (χ0) is 13.4. The Labute approximate surface area is 115 Å². The van der Waals surface area contributed by atoms with Gasteiger partial charge in [-0.3, -0.25) is 4.72 Å². The quantitative estimate of drug-likeness (QED) is 0.746. The third kappa shape index (κ3) is 5.74. The van der Waals surface area contributed by atoms with Crippen LogP contribution in [-0.4, -0.2) is 20.1 Å². The molecule has 1 aromatic rings. The largest absolute Gasteiger partial charge is 0.284 e. The monoisotopic (exact) mass is 289 g/mol. The van der Waals surface area contributed by atoms with E-state index in [1.807, 2.05) is 25.1 Å². The lowest BCUT2D eigenvalue weighted by molar-refractivity contribution is 0.598. The topological polar surface area (TPSA) is 46.2 Å². The van der Waals surface area contributed by atoms with E-state index in [9.17, 15) is 8.42 Å². The molecule has 0 aliphatic carbocycles. The molecular formula is C13H20ClNO2S. The van der Waals surface area contributed by atoms with Crippen LogP contribution in [0.4, 0.5) is 5.69 Å². The van der Waals surface area contributed by atoms with Crippen molar-refractivity contribution in [3.63, 3.8) is 0 Å². The summed E-state index contributed by atoms with van der Waals surface area (Å²) in [7, 11) is -3.21. The van der Waals surface area contributed by atoms with Crippen LogP contribution < -0.4 is 4.72 Å². The molecule has 0 spiro atoms. The fraction of sp³-hybridized carbons (Fsp3) is 0.538. The first-order chi connectivity index (χ1) is 8.57. The van der Waals surface area contributed by atoms with Crippen molar-refractivity contribution >= 4 is 27.3 Å². The van der Waals surface area contributed by atoms with Crippen LogP contribution in [0.2, 0.25) is 0 Å². The molecule has 102 valence electrons. The minimum atomic E-state index is -3.21. The zero-order valence-corrected chi connectivity index (χ0v) is 12.2. The second-order valence-corrected chi connectivity index (χ2v) is 6.49. The standard InChI is InChI=1S/C13H20ClNO2S/c1-2-3-10-18(16,17)15-13-8-4-6-12(11-13)7-5-9-14/h4,6,8,11,15H,2-3,5,7,9-10H2,1H3. The van der Waals surface area contributed by atoms with Gasteiger partial charge in [0.2, 0.25) is 10.0 Å². The van der Waals surface area contributed by atoms with Gasteiger partial charge in [-0.1, -0.05) is 25.5 Å². The lowest BCUT2D eigenvalue weighted by atomic mass is 10.1. The maximum atomic E-state index is 11.8. The van der Waals surface area contributed by atoms with Crippen LogP contribution >= 0.6 is 11.6 Å². The Balaban J connectivity index is 2.66. The summed E-state index contributed by atoms with van der Waals surface area (Å²) in [6, 6.07) is 7.49. The van der Waals surface area contributed by atoms with Crippen LogP contribution in [0.25, 0.3) is 0 Å². The molecule has 0 heterocycles. The van der Waals surface area contributed by atoms with Crippen molar-refractivity contribution in [1.29, 1.82) is 0 Å². The molecule has 0 aliphatic rings. The summed E-state index contributed by atoms with van der Waals surface area (Å²) < 4.78 is 26.1. The third-order valence-electron chi connectivity index (χ3n) is 2.57. The number of nitrogens with one attached hydrogen (secondary N) is 1. The van der Waals surface area contributed by atoms with Crippen molar-refractivity contribution in [2.75, 3.05) is 16.4 Å². The molecule has 0 atom stereocenters. The molecule has 0 radical (unpaired) electrons. The van der Waals surface area contributed by atoms with Gasteiger partial charge < -0.3 is 0 Å². The molecule has 1 rings (SSSR count). The molecule has 0 bridgehead atoms.